The molecule has 0 atom stereocenters. The summed E-state index contributed by atoms with van der Waals surface area (Å²) >= 11 is 0. The van der Waals surface area contributed by atoms with Crippen molar-refractivity contribution in [3.8, 4) is 5.75 Å². The summed E-state index contributed by atoms with van der Waals surface area (Å²) in [5.41, 5.74) is 0.229. The molecule has 0 unspecified atom stereocenters. The quantitative estimate of drug-likeness (QED) is 0.797. The molecule has 0 bridgehead atoms. The van der Waals surface area contributed by atoms with Gasteiger partial charge in [0.1, 0.15) is 11.3 Å². The molecule has 0 saturated carbocycles. The minimum atomic E-state index is -0.945. The molecule has 1 N–H and O–H groups in total. The van der Waals surface area contributed by atoms with Crippen LogP contribution in [0.5, 0.6) is 5.75 Å². The molecule has 0 aliphatic carbocycles. The van der Waals surface area contributed by atoms with Crippen LogP contribution in [0.15, 0.2) is 24.3 Å². The van der Waals surface area contributed by atoms with Gasteiger partial charge in [-0.2, -0.15) is 0 Å². The number of rotatable bonds is 6. The van der Waals surface area contributed by atoms with E-state index in [-0.39, 0.29) is 5.56 Å². The molecule has 0 amide bonds. The van der Waals surface area contributed by atoms with Gasteiger partial charge in [0.15, 0.2) is 0 Å². The predicted octanol–water partition coefficient (Wildman–Crippen LogP) is 1.40. The van der Waals surface area contributed by atoms with Gasteiger partial charge in [0.2, 0.25) is 0 Å². The van der Waals surface area contributed by atoms with Crippen LogP contribution in [0, 0.1) is 0 Å². The Morgan fingerprint density at radius 1 is 1.25 bits per heavy atom. The second kappa shape index (κ2) is 7.26. The third-order valence-corrected chi connectivity index (χ3v) is 3.59. The average Bonchev–Trinajstić information content (AvgIpc) is 2.46. The highest BCUT2D eigenvalue weighted by Gasteiger charge is 2.13. The molecule has 1 aliphatic rings. The first-order valence-corrected chi connectivity index (χ1v) is 7.03. The van der Waals surface area contributed by atoms with E-state index in [2.05, 4.69) is 16.8 Å². The number of benzene rings is 1. The highest BCUT2D eigenvalue weighted by atomic mass is 16.5. The minimum absolute atomic E-state index is 0.229. The number of piperazine rings is 1. The number of hydrogen-bond donors (Lipinski definition) is 1. The highest BCUT2D eigenvalue weighted by molar-refractivity contribution is 5.90. The van der Waals surface area contributed by atoms with Crippen LogP contribution in [0.1, 0.15) is 16.8 Å². The lowest BCUT2D eigenvalue weighted by Crippen LogP contribution is -2.44. The zero-order valence-electron chi connectivity index (χ0n) is 11.9. The molecular formula is C15H22N2O3. The average molecular weight is 278 g/mol. The van der Waals surface area contributed by atoms with Crippen molar-refractivity contribution in [3.63, 3.8) is 0 Å². The predicted molar refractivity (Wildman–Crippen MR) is 77.5 cm³/mol. The number of para-hydroxylation sites is 1. The molecule has 1 aromatic carbocycles. The molecule has 110 valence electrons. The van der Waals surface area contributed by atoms with E-state index < -0.39 is 5.97 Å². The molecule has 1 aliphatic heterocycles. The van der Waals surface area contributed by atoms with Crippen molar-refractivity contribution in [2.45, 2.75) is 6.42 Å². The Labute approximate surface area is 119 Å². The fraction of sp³-hybridized carbons (Fsp3) is 0.533. The lowest BCUT2D eigenvalue weighted by Gasteiger charge is -2.32. The van der Waals surface area contributed by atoms with Crippen molar-refractivity contribution in [1.82, 2.24) is 9.80 Å². The van der Waals surface area contributed by atoms with Gasteiger partial charge in [0, 0.05) is 32.7 Å². The summed E-state index contributed by atoms with van der Waals surface area (Å²) in [6.07, 6.45) is 0.914. The van der Waals surface area contributed by atoms with Gasteiger partial charge in [-0.25, -0.2) is 4.79 Å². The molecular weight excluding hydrogens is 256 g/mol. The van der Waals surface area contributed by atoms with Crippen molar-refractivity contribution >= 4 is 5.97 Å². The first kappa shape index (κ1) is 14.8. The van der Waals surface area contributed by atoms with E-state index in [1.54, 1.807) is 24.3 Å². The molecule has 0 aromatic heterocycles. The molecule has 0 radical (unpaired) electrons. The van der Waals surface area contributed by atoms with E-state index in [0.29, 0.717) is 12.4 Å². The zero-order chi connectivity index (χ0) is 14.4. The Morgan fingerprint density at radius 3 is 2.65 bits per heavy atom. The van der Waals surface area contributed by atoms with E-state index in [4.69, 9.17) is 9.84 Å². The number of carboxylic acid groups (broad SMARTS) is 1. The molecule has 5 nitrogen and oxygen atoms in total. The van der Waals surface area contributed by atoms with E-state index in [9.17, 15) is 4.79 Å². The largest absolute Gasteiger partial charge is 0.493 e. The summed E-state index contributed by atoms with van der Waals surface area (Å²) in [6.45, 7) is 5.98. The summed E-state index contributed by atoms with van der Waals surface area (Å²) in [4.78, 5) is 15.8. The maximum atomic E-state index is 11.0. The first-order chi connectivity index (χ1) is 9.66. The van der Waals surface area contributed by atoms with Crippen molar-refractivity contribution < 1.29 is 14.6 Å². The lowest BCUT2D eigenvalue weighted by atomic mass is 10.2. The van der Waals surface area contributed by atoms with Gasteiger partial charge in [-0.15, -0.1) is 0 Å². The second-order valence-corrected chi connectivity index (χ2v) is 5.15. The first-order valence-electron chi connectivity index (χ1n) is 7.03. The van der Waals surface area contributed by atoms with Crippen LogP contribution in [-0.2, 0) is 0 Å². The van der Waals surface area contributed by atoms with Gasteiger partial charge in [-0.1, -0.05) is 12.1 Å². The Kier molecular flexibility index (Phi) is 5.38. The van der Waals surface area contributed by atoms with Gasteiger partial charge < -0.3 is 19.6 Å². The zero-order valence-corrected chi connectivity index (χ0v) is 11.9. The van der Waals surface area contributed by atoms with Crippen LogP contribution in [-0.4, -0.2) is 67.3 Å². The SMILES string of the molecule is CN1CCN(CCCOc2ccccc2C(=O)O)CC1. The summed E-state index contributed by atoms with van der Waals surface area (Å²) in [7, 11) is 2.14. The highest BCUT2D eigenvalue weighted by Crippen LogP contribution is 2.17. The van der Waals surface area contributed by atoms with Crippen LogP contribution in [0.25, 0.3) is 0 Å². The van der Waals surface area contributed by atoms with Crippen LogP contribution in [0.3, 0.4) is 0 Å². The fourth-order valence-corrected chi connectivity index (χ4v) is 2.31. The van der Waals surface area contributed by atoms with Crippen molar-refractivity contribution in [2.75, 3.05) is 46.4 Å². The van der Waals surface area contributed by atoms with Gasteiger partial charge in [-0.05, 0) is 25.6 Å². The van der Waals surface area contributed by atoms with Gasteiger partial charge in [0.05, 0.1) is 6.61 Å². The molecule has 1 fully saturated rings. The molecule has 1 saturated heterocycles. The number of carboxylic acids is 1. The van der Waals surface area contributed by atoms with E-state index in [1.807, 2.05) is 0 Å². The Hall–Kier alpha value is -1.59. The molecule has 0 spiro atoms. The fourth-order valence-electron chi connectivity index (χ4n) is 2.31. The molecule has 2 rings (SSSR count). The normalized spacial score (nSPS) is 17.1. The Balaban J connectivity index is 1.72. The molecule has 5 heteroatoms. The van der Waals surface area contributed by atoms with Crippen LogP contribution in [0.2, 0.25) is 0 Å². The summed E-state index contributed by atoms with van der Waals surface area (Å²) in [6, 6.07) is 6.78. The van der Waals surface area contributed by atoms with Gasteiger partial charge >= 0.3 is 5.97 Å². The topological polar surface area (TPSA) is 53.0 Å². The summed E-state index contributed by atoms with van der Waals surface area (Å²) in [5, 5.41) is 9.06. The number of hydrogen-bond acceptors (Lipinski definition) is 4. The van der Waals surface area contributed by atoms with E-state index >= 15 is 0 Å². The van der Waals surface area contributed by atoms with Crippen LogP contribution in [0.4, 0.5) is 0 Å². The third-order valence-electron chi connectivity index (χ3n) is 3.59. The maximum Gasteiger partial charge on any atom is 0.339 e. The number of likely N-dealkylation sites (N-methyl/N-ethyl adjacent to an activating group) is 1. The third kappa shape index (κ3) is 4.21. The van der Waals surface area contributed by atoms with Crippen molar-refractivity contribution in [1.29, 1.82) is 0 Å². The smallest absolute Gasteiger partial charge is 0.339 e. The minimum Gasteiger partial charge on any atom is -0.493 e. The Morgan fingerprint density at radius 2 is 1.95 bits per heavy atom. The van der Waals surface area contributed by atoms with Crippen molar-refractivity contribution in [3.05, 3.63) is 29.8 Å². The molecule has 1 aromatic rings. The standard InChI is InChI=1S/C15H22N2O3/c1-16-8-10-17(11-9-16)7-4-12-20-14-6-3-2-5-13(14)15(18)19/h2-3,5-6H,4,7-12H2,1H3,(H,18,19). The second-order valence-electron chi connectivity index (χ2n) is 5.15. The maximum absolute atomic E-state index is 11.0. The lowest BCUT2D eigenvalue weighted by molar-refractivity contribution is 0.0692. The molecule has 20 heavy (non-hydrogen) atoms. The summed E-state index contributed by atoms with van der Waals surface area (Å²) in [5.74, 6) is -0.488. The molecule has 1 heterocycles. The number of nitrogens with zero attached hydrogens (tertiary/aromatic N) is 2. The Bertz CT molecular complexity index is 442. The van der Waals surface area contributed by atoms with Gasteiger partial charge in [0.25, 0.3) is 0 Å². The number of ether oxygens (including phenoxy) is 1. The van der Waals surface area contributed by atoms with Crippen LogP contribution >= 0.6 is 0 Å². The number of aromatic carboxylic acids is 1. The van der Waals surface area contributed by atoms with Crippen molar-refractivity contribution in [2.24, 2.45) is 0 Å². The van der Waals surface area contributed by atoms with E-state index in [1.165, 1.54) is 0 Å². The van der Waals surface area contributed by atoms with Crippen LogP contribution < -0.4 is 4.74 Å². The van der Waals surface area contributed by atoms with E-state index in [0.717, 1.165) is 39.1 Å². The monoisotopic (exact) mass is 278 g/mol. The number of carbonyl (C=O) groups is 1. The van der Waals surface area contributed by atoms with Gasteiger partial charge in [-0.3, -0.25) is 0 Å². The summed E-state index contributed by atoms with van der Waals surface area (Å²) < 4.78 is 5.59.